The highest BCUT2D eigenvalue weighted by Crippen LogP contribution is 2.43. The van der Waals surface area contributed by atoms with Gasteiger partial charge in [-0.05, 0) is 66.0 Å². The third kappa shape index (κ3) is 5.53. The molecule has 2 aliphatic heterocycles. The number of hydrogen-bond donors (Lipinski definition) is 1. The summed E-state index contributed by atoms with van der Waals surface area (Å²) in [5, 5.41) is 2.95. The Kier molecular flexibility index (Phi) is 6.90. The molecule has 6 nitrogen and oxygen atoms in total. The average molecular weight is 514 g/mol. The Balaban J connectivity index is 1.25. The first-order valence-corrected chi connectivity index (χ1v) is 11.2. The number of para-hydroxylation sites is 1. The smallest absolute Gasteiger partial charge is 0.420 e. The number of pyridine rings is 1. The summed E-state index contributed by atoms with van der Waals surface area (Å²) in [5.74, 6) is 0.0894. The van der Waals surface area contributed by atoms with E-state index in [0.29, 0.717) is 24.6 Å². The summed E-state index contributed by atoms with van der Waals surface area (Å²) in [4.78, 5) is 18.4. The Bertz CT molecular complexity index is 965. The monoisotopic (exact) mass is 513 g/mol. The number of nitrogens with zero attached hydrogens (tertiary/aromatic N) is 2. The van der Waals surface area contributed by atoms with Crippen LogP contribution in [0, 0.1) is 5.92 Å². The molecule has 1 saturated heterocycles. The van der Waals surface area contributed by atoms with E-state index in [1.54, 1.807) is 12.3 Å². The Morgan fingerprint density at radius 3 is 2.75 bits per heavy atom. The lowest BCUT2D eigenvalue weighted by Crippen LogP contribution is -2.45. The van der Waals surface area contributed by atoms with Crippen LogP contribution in [-0.4, -0.2) is 54.7 Å². The van der Waals surface area contributed by atoms with Crippen LogP contribution < -0.4 is 14.8 Å². The van der Waals surface area contributed by atoms with Gasteiger partial charge in [0.25, 0.3) is 5.91 Å². The highest BCUT2D eigenvalue weighted by atomic mass is 79.9. The molecule has 0 spiro atoms. The van der Waals surface area contributed by atoms with Crippen LogP contribution >= 0.6 is 15.9 Å². The van der Waals surface area contributed by atoms with Crippen LogP contribution in [0.1, 0.15) is 28.8 Å². The lowest BCUT2D eigenvalue weighted by atomic mass is 9.96. The molecule has 0 aliphatic carbocycles. The third-order valence-corrected chi connectivity index (χ3v) is 6.11. The van der Waals surface area contributed by atoms with E-state index in [-0.39, 0.29) is 24.0 Å². The Hall–Kier alpha value is -2.33. The molecule has 2 aliphatic rings. The molecule has 0 saturated carbocycles. The molecule has 4 rings (SSSR count). The summed E-state index contributed by atoms with van der Waals surface area (Å²) in [6.45, 7) is 2.85. The molecule has 1 unspecified atom stereocenters. The quantitative estimate of drug-likeness (QED) is 0.650. The molecule has 1 N–H and O–H groups in total. The van der Waals surface area contributed by atoms with E-state index in [9.17, 15) is 18.0 Å². The molecule has 1 atom stereocenters. The van der Waals surface area contributed by atoms with Crippen molar-refractivity contribution in [2.75, 3.05) is 32.8 Å². The van der Waals surface area contributed by atoms with E-state index in [1.165, 1.54) is 18.3 Å². The molecule has 0 radical (unpaired) electrons. The van der Waals surface area contributed by atoms with Crippen molar-refractivity contribution in [1.82, 2.24) is 15.2 Å². The number of halogens is 4. The number of alkyl halides is 3. The molecule has 3 heterocycles. The van der Waals surface area contributed by atoms with Gasteiger partial charge in [0, 0.05) is 30.0 Å². The molecule has 32 heavy (non-hydrogen) atoms. The number of nitrogens with one attached hydrogen (secondary N) is 1. The van der Waals surface area contributed by atoms with Gasteiger partial charge in [0.15, 0.2) is 11.5 Å². The molecular weight excluding hydrogens is 491 g/mol. The van der Waals surface area contributed by atoms with Crippen LogP contribution in [0.3, 0.4) is 0 Å². The van der Waals surface area contributed by atoms with Crippen LogP contribution in [0.15, 0.2) is 41.1 Å². The molecule has 1 aromatic carbocycles. The van der Waals surface area contributed by atoms with Gasteiger partial charge in [-0.2, -0.15) is 13.2 Å². The summed E-state index contributed by atoms with van der Waals surface area (Å²) in [6.07, 6.45) is -0.0471. The number of benzene rings is 1. The van der Waals surface area contributed by atoms with Gasteiger partial charge in [0.1, 0.15) is 18.3 Å². The van der Waals surface area contributed by atoms with Crippen LogP contribution in [-0.2, 0) is 6.18 Å². The van der Waals surface area contributed by atoms with Crippen LogP contribution in [0.4, 0.5) is 13.2 Å². The number of aromatic nitrogens is 1. The maximum absolute atomic E-state index is 13.3. The lowest BCUT2D eigenvalue weighted by Gasteiger charge is -2.36. The summed E-state index contributed by atoms with van der Waals surface area (Å²) < 4.78 is 51.8. The van der Waals surface area contributed by atoms with Crippen molar-refractivity contribution >= 4 is 21.8 Å². The zero-order valence-corrected chi connectivity index (χ0v) is 18.8. The van der Waals surface area contributed by atoms with Gasteiger partial charge in [0.05, 0.1) is 5.56 Å². The van der Waals surface area contributed by atoms with Crippen molar-refractivity contribution in [3.05, 3.63) is 52.3 Å². The number of carbonyl (C=O) groups excluding carboxylic acids is 1. The minimum Gasteiger partial charge on any atom is -0.486 e. The van der Waals surface area contributed by atoms with Gasteiger partial charge in [-0.1, -0.05) is 6.07 Å². The Morgan fingerprint density at radius 1 is 1.25 bits per heavy atom. The largest absolute Gasteiger partial charge is 0.486 e. The summed E-state index contributed by atoms with van der Waals surface area (Å²) in [6, 6.07) is 5.54. The van der Waals surface area contributed by atoms with Crippen LogP contribution in [0.2, 0.25) is 0 Å². The van der Waals surface area contributed by atoms with E-state index in [0.717, 1.165) is 36.5 Å². The first-order valence-electron chi connectivity index (χ1n) is 10.4. The van der Waals surface area contributed by atoms with Gasteiger partial charge in [-0.15, -0.1) is 0 Å². The average Bonchev–Trinajstić information content (AvgIpc) is 2.77. The number of likely N-dealkylation sites (tertiary alicyclic amines) is 1. The normalized spacial score (nSPS) is 19.6. The molecule has 1 fully saturated rings. The molecule has 10 heteroatoms. The predicted octanol–water partition coefficient (Wildman–Crippen LogP) is 4.14. The Morgan fingerprint density at radius 2 is 2.03 bits per heavy atom. The second-order valence-corrected chi connectivity index (χ2v) is 8.94. The number of piperidine rings is 1. The third-order valence-electron chi connectivity index (χ3n) is 5.68. The van der Waals surface area contributed by atoms with Crippen molar-refractivity contribution in [2.24, 2.45) is 5.92 Å². The lowest BCUT2D eigenvalue weighted by molar-refractivity contribution is -0.140. The summed E-state index contributed by atoms with van der Waals surface area (Å²) in [7, 11) is 0. The fraction of sp³-hybridized carbons (Fsp3) is 0.455. The molecular formula is C22H23BrF3N3O3. The number of fused-ring (bicyclic) bond motifs is 1. The fourth-order valence-electron chi connectivity index (χ4n) is 3.98. The standard InChI is InChI=1S/C22H23BrF3N3O3/c23-16-8-15(10-27-11-16)21(30)28-9-14-4-6-29(7-5-14)12-17-13-31-19-3-1-2-18(20(19)32-17)22(24,25)26/h1-3,8,10-11,14,17H,4-7,9,12-13H2,(H,28,30). The SMILES string of the molecule is O=C(NCC1CCN(CC2COc3cccc(C(F)(F)F)c3O2)CC1)c1cncc(Br)c1. The van der Waals surface area contributed by atoms with Gasteiger partial charge in [0.2, 0.25) is 0 Å². The summed E-state index contributed by atoms with van der Waals surface area (Å²) in [5.41, 5.74) is -0.306. The van der Waals surface area contributed by atoms with Gasteiger partial charge < -0.3 is 14.8 Å². The second-order valence-electron chi connectivity index (χ2n) is 8.03. The molecule has 1 amide bonds. The van der Waals surface area contributed by atoms with E-state index < -0.39 is 17.8 Å². The number of amides is 1. The zero-order chi connectivity index (χ0) is 22.7. The van der Waals surface area contributed by atoms with Gasteiger partial charge in [-0.3, -0.25) is 14.7 Å². The van der Waals surface area contributed by atoms with Gasteiger partial charge >= 0.3 is 6.18 Å². The maximum Gasteiger partial charge on any atom is 0.420 e. The second kappa shape index (κ2) is 9.66. The summed E-state index contributed by atoms with van der Waals surface area (Å²) >= 11 is 3.31. The number of ether oxygens (including phenoxy) is 2. The molecule has 1 aromatic heterocycles. The molecule has 2 aromatic rings. The van der Waals surface area contributed by atoms with Crippen LogP contribution in [0.25, 0.3) is 0 Å². The van der Waals surface area contributed by atoms with Crippen molar-refractivity contribution < 1.29 is 27.4 Å². The molecule has 172 valence electrons. The van der Waals surface area contributed by atoms with E-state index in [2.05, 4.69) is 31.1 Å². The van der Waals surface area contributed by atoms with Crippen molar-refractivity contribution in [2.45, 2.75) is 25.1 Å². The number of rotatable bonds is 5. The number of hydrogen-bond acceptors (Lipinski definition) is 5. The fourth-order valence-corrected chi connectivity index (χ4v) is 4.35. The Labute approximate surface area is 192 Å². The highest BCUT2D eigenvalue weighted by molar-refractivity contribution is 9.10. The van der Waals surface area contributed by atoms with E-state index in [4.69, 9.17) is 9.47 Å². The van der Waals surface area contributed by atoms with Crippen molar-refractivity contribution in [3.63, 3.8) is 0 Å². The minimum atomic E-state index is -4.49. The van der Waals surface area contributed by atoms with Crippen molar-refractivity contribution in [1.29, 1.82) is 0 Å². The topological polar surface area (TPSA) is 63.7 Å². The van der Waals surface area contributed by atoms with Gasteiger partial charge in [-0.25, -0.2) is 0 Å². The van der Waals surface area contributed by atoms with Crippen molar-refractivity contribution in [3.8, 4) is 11.5 Å². The van der Waals surface area contributed by atoms with E-state index >= 15 is 0 Å². The number of carbonyl (C=O) groups is 1. The first-order chi connectivity index (χ1) is 15.3. The molecule has 0 bridgehead atoms. The van der Waals surface area contributed by atoms with Crippen LogP contribution in [0.5, 0.6) is 11.5 Å². The first kappa shape index (κ1) is 22.8. The maximum atomic E-state index is 13.3. The zero-order valence-electron chi connectivity index (χ0n) is 17.2. The van der Waals surface area contributed by atoms with E-state index in [1.807, 2.05) is 0 Å². The minimum absolute atomic E-state index is 0.131. The predicted molar refractivity (Wildman–Crippen MR) is 115 cm³/mol. The highest BCUT2D eigenvalue weighted by Gasteiger charge is 2.38.